The molecule has 3 aromatic rings. The van der Waals surface area contributed by atoms with E-state index < -0.39 is 0 Å². The van der Waals surface area contributed by atoms with E-state index in [-0.39, 0.29) is 17.9 Å². The fraction of sp³-hybridized carbons (Fsp3) is 0.316. The maximum atomic E-state index is 11.7. The van der Waals surface area contributed by atoms with Gasteiger partial charge in [0.05, 0.1) is 11.4 Å². The topological polar surface area (TPSA) is 77.2 Å². The molecular formula is C19H19N3O3S. The van der Waals surface area contributed by atoms with Crippen LogP contribution in [0.3, 0.4) is 0 Å². The number of para-hydroxylation sites is 1. The molecule has 0 aliphatic heterocycles. The van der Waals surface area contributed by atoms with E-state index in [9.17, 15) is 4.79 Å². The summed E-state index contributed by atoms with van der Waals surface area (Å²) in [5.74, 6) is 2.09. The Balaban J connectivity index is 1.38. The number of rotatable bonds is 7. The summed E-state index contributed by atoms with van der Waals surface area (Å²) in [5, 5.41) is 7.02. The first-order chi connectivity index (χ1) is 12.7. The van der Waals surface area contributed by atoms with Gasteiger partial charge in [-0.3, -0.25) is 4.79 Å². The van der Waals surface area contributed by atoms with Crippen LogP contribution in [0.15, 0.2) is 47.0 Å². The summed E-state index contributed by atoms with van der Waals surface area (Å²) in [6, 6.07) is 13.5. The number of thiophene rings is 1. The average Bonchev–Trinajstić information content (AvgIpc) is 3.19. The first-order valence-electron chi connectivity index (χ1n) is 8.61. The Hall–Kier alpha value is -2.67. The van der Waals surface area contributed by atoms with Gasteiger partial charge in [-0.1, -0.05) is 23.4 Å². The molecule has 0 saturated heterocycles. The summed E-state index contributed by atoms with van der Waals surface area (Å²) < 4.78 is 11.2. The van der Waals surface area contributed by atoms with Crippen LogP contribution in [0.5, 0.6) is 5.75 Å². The minimum Gasteiger partial charge on any atom is -0.481 e. The van der Waals surface area contributed by atoms with Gasteiger partial charge in [0.15, 0.2) is 6.10 Å². The number of nitrogens with one attached hydrogen (secondary N) is 1. The molecule has 4 rings (SSSR count). The van der Waals surface area contributed by atoms with Crippen LogP contribution < -0.4 is 10.1 Å². The van der Waals surface area contributed by atoms with Crippen LogP contribution >= 0.6 is 11.3 Å². The number of ether oxygens (including phenoxy) is 1. The number of carbonyl (C=O) groups excluding carboxylic acids is 1. The molecule has 1 aliphatic carbocycles. The Kier molecular flexibility index (Phi) is 4.71. The molecule has 1 fully saturated rings. The van der Waals surface area contributed by atoms with Crippen molar-refractivity contribution in [2.75, 3.05) is 0 Å². The second-order valence-corrected chi connectivity index (χ2v) is 7.46. The third kappa shape index (κ3) is 3.94. The molecule has 0 radical (unpaired) electrons. The van der Waals surface area contributed by atoms with E-state index in [1.165, 1.54) is 0 Å². The number of benzene rings is 1. The largest absolute Gasteiger partial charge is 0.481 e. The summed E-state index contributed by atoms with van der Waals surface area (Å²) in [5.41, 5.74) is 0. The zero-order valence-corrected chi connectivity index (χ0v) is 15.2. The highest BCUT2D eigenvalue weighted by Crippen LogP contribution is 2.30. The molecule has 2 heterocycles. The van der Waals surface area contributed by atoms with Gasteiger partial charge in [0.2, 0.25) is 11.7 Å². The van der Waals surface area contributed by atoms with Crippen molar-refractivity contribution in [2.24, 2.45) is 5.92 Å². The maximum Gasteiger partial charge on any atom is 0.267 e. The van der Waals surface area contributed by atoms with E-state index in [2.05, 4.69) is 15.5 Å². The number of carbonyl (C=O) groups is 1. The first kappa shape index (κ1) is 16.8. The Morgan fingerprint density at radius 1 is 1.31 bits per heavy atom. The highest BCUT2D eigenvalue weighted by atomic mass is 32.1. The lowest BCUT2D eigenvalue weighted by molar-refractivity contribution is -0.122. The lowest BCUT2D eigenvalue weighted by atomic mass is 10.3. The van der Waals surface area contributed by atoms with Crippen molar-refractivity contribution in [1.82, 2.24) is 15.5 Å². The van der Waals surface area contributed by atoms with Gasteiger partial charge in [0.1, 0.15) is 5.75 Å². The molecule has 0 bridgehead atoms. The van der Waals surface area contributed by atoms with E-state index in [0.717, 1.165) is 28.3 Å². The Morgan fingerprint density at radius 3 is 2.88 bits per heavy atom. The van der Waals surface area contributed by atoms with Gasteiger partial charge in [-0.25, -0.2) is 0 Å². The lowest BCUT2D eigenvalue weighted by Crippen LogP contribution is -2.23. The van der Waals surface area contributed by atoms with Crippen molar-refractivity contribution in [3.05, 3.63) is 53.2 Å². The second-order valence-electron chi connectivity index (χ2n) is 6.29. The van der Waals surface area contributed by atoms with Gasteiger partial charge >= 0.3 is 0 Å². The van der Waals surface area contributed by atoms with Crippen molar-refractivity contribution in [3.63, 3.8) is 0 Å². The van der Waals surface area contributed by atoms with Crippen LogP contribution in [-0.2, 0) is 11.3 Å². The van der Waals surface area contributed by atoms with Crippen LogP contribution in [0, 0.1) is 5.92 Å². The molecule has 134 valence electrons. The lowest BCUT2D eigenvalue weighted by Gasteiger charge is -2.09. The van der Waals surface area contributed by atoms with Crippen molar-refractivity contribution in [3.8, 4) is 16.5 Å². The van der Waals surface area contributed by atoms with Crippen LogP contribution in [0.2, 0.25) is 0 Å². The molecular weight excluding hydrogens is 350 g/mol. The van der Waals surface area contributed by atoms with Gasteiger partial charge in [0, 0.05) is 10.8 Å². The minimum atomic E-state index is -0.337. The third-order valence-electron chi connectivity index (χ3n) is 4.11. The quantitative estimate of drug-likeness (QED) is 0.682. The highest BCUT2D eigenvalue weighted by Gasteiger charge is 2.29. The van der Waals surface area contributed by atoms with E-state index in [1.807, 2.05) is 49.4 Å². The molecule has 1 saturated carbocycles. The molecule has 2 aromatic heterocycles. The van der Waals surface area contributed by atoms with E-state index in [4.69, 9.17) is 9.26 Å². The Bertz CT molecular complexity index is 886. The van der Waals surface area contributed by atoms with Crippen LogP contribution in [-0.4, -0.2) is 16.0 Å². The van der Waals surface area contributed by atoms with Gasteiger partial charge in [0.25, 0.3) is 5.89 Å². The van der Waals surface area contributed by atoms with Crippen LogP contribution in [0.4, 0.5) is 0 Å². The Labute approximate surface area is 155 Å². The SMILES string of the molecule is C[C@@H](Oc1ccccc1)c1nc(-c2ccc(CNC(=O)C3CC3)s2)no1. The molecule has 0 spiro atoms. The highest BCUT2D eigenvalue weighted by molar-refractivity contribution is 7.15. The van der Waals surface area contributed by atoms with Crippen LogP contribution in [0.25, 0.3) is 10.7 Å². The fourth-order valence-electron chi connectivity index (χ4n) is 2.51. The van der Waals surface area contributed by atoms with Crippen molar-refractivity contribution >= 4 is 17.2 Å². The van der Waals surface area contributed by atoms with E-state index in [1.54, 1.807) is 11.3 Å². The average molecular weight is 369 g/mol. The summed E-state index contributed by atoms with van der Waals surface area (Å²) in [6.07, 6.45) is 1.68. The van der Waals surface area contributed by atoms with E-state index >= 15 is 0 Å². The molecule has 1 N–H and O–H groups in total. The molecule has 1 aromatic carbocycles. The number of hydrogen-bond donors (Lipinski definition) is 1. The summed E-state index contributed by atoms with van der Waals surface area (Å²) in [6.45, 7) is 2.41. The zero-order chi connectivity index (χ0) is 17.9. The zero-order valence-electron chi connectivity index (χ0n) is 14.3. The molecule has 1 aliphatic rings. The van der Waals surface area contributed by atoms with Crippen LogP contribution in [0.1, 0.15) is 36.6 Å². The molecule has 7 heteroatoms. The predicted molar refractivity (Wildman–Crippen MR) is 97.7 cm³/mol. The normalized spacial score (nSPS) is 14.8. The number of amides is 1. The number of nitrogens with zero attached hydrogens (tertiary/aromatic N) is 2. The third-order valence-corrected chi connectivity index (χ3v) is 5.19. The molecule has 1 amide bonds. The van der Waals surface area contributed by atoms with Gasteiger partial charge in [-0.2, -0.15) is 4.98 Å². The second kappa shape index (κ2) is 7.29. The predicted octanol–water partition coefficient (Wildman–Crippen LogP) is 3.96. The Morgan fingerprint density at radius 2 is 2.12 bits per heavy atom. The van der Waals surface area contributed by atoms with Crippen molar-refractivity contribution in [1.29, 1.82) is 0 Å². The number of hydrogen-bond acceptors (Lipinski definition) is 6. The van der Waals surface area contributed by atoms with Gasteiger partial charge < -0.3 is 14.6 Å². The summed E-state index contributed by atoms with van der Waals surface area (Å²) in [4.78, 5) is 18.1. The molecule has 1 atom stereocenters. The first-order valence-corrected chi connectivity index (χ1v) is 9.43. The van der Waals surface area contributed by atoms with Crippen molar-refractivity contribution < 1.29 is 14.1 Å². The molecule has 26 heavy (non-hydrogen) atoms. The molecule has 6 nitrogen and oxygen atoms in total. The monoisotopic (exact) mass is 369 g/mol. The maximum absolute atomic E-state index is 11.7. The molecule has 0 unspecified atom stereocenters. The number of aromatic nitrogens is 2. The minimum absolute atomic E-state index is 0.147. The summed E-state index contributed by atoms with van der Waals surface area (Å²) >= 11 is 1.55. The fourth-order valence-corrected chi connectivity index (χ4v) is 3.38. The van der Waals surface area contributed by atoms with Gasteiger partial charge in [-0.05, 0) is 44.0 Å². The smallest absolute Gasteiger partial charge is 0.267 e. The summed E-state index contributed by atoms with van der Waals surface area (Å²) in [7, 11) is 0. The van der Waals surface area contributed by atoms with E-state index in [0.29, 0.717) is 18.3 Å². The standard InChI is InChI=1S/C19H19N3O3S/c1-12(24-14-5-3-2-4-6-14)19-21-17(22-25-19)16-10-9-15(26-16)11-20-18(23)13-7-8-13/h2-6,9-10,12-13H,7-8,11H2,1H3,(H,20,23)/t12-/m1/s1. The van der Waals surface area contributed by atoms with Crippen molar-refractivity contribution in [2.45, 2.75) is 32.4 Å². The van der Waals surface area contributed by atoms with Gasteiger partial charge in [-0.15, -0.1) is 11.3 Å².